The van der Waals surface area contributed by atoms with Crippen molar-refractivity contribution in [3.8, 4) is 11.3 Å². The van der Waals surface area contributed by atoms with Crippen LogP contribution in [0.2, 0.25) is 0 Å². The maximum absolute atomic E-state index is 9.40. The molecule has 28 heavy (non-hydrogen) atoms. The van der Waals surface area contributed by atoms with Gasteiger partial charge in [0.25, 0.3) is 0 Å². The summed E-state index contributed by atoms with van der Waals surface area (Å²) in [6, 6.07) is 14.3. The van der Waals surface area contributed by atoms with Gasteiger partial charge < -0.3 is 20.5 Å². The highest BCUT2D eigenvalue weighted by Gasteiger charge is 2.34. The number of aliphatic imine (C=N–C) groups is 1. The van der Waals surface area contributed by atoms with E-state index in [-0.39, 0.29) is 12.0 Å². The molecule has 3 rings (SSSR count). The number of aliphatic hydroxyl groups excluding tert-OH is 1. The average molecular weight is 383 g/mol. The zero-order valence-electron chi connectivity index (χ0n) is 16.5. The molecule has 0 spiro atoms. The molecule has 3 N–H and O–H groups in total. The predicted octanol–water partition coefficient (Wildman–Crippen LogP) is 2.59. The molecular formula is C22H30N4O2. The van der Waals surface area contributed by atoms with Gasteiger partial charge in [-0.1, -0.05) is 24.3 Å². The van der Waals surface area contributed by atoms with Gasteiger partial charge in [-0.2, -0.15) is 0 Å². The van der Waals surface area contributed by atoms with Gasteiger partial charge in [0.15, 0.2) is 5.96 Å². The van der Waals surface area contributed by atoms with Crippen LogP contribution in [0.5, 0.6) is 0 Å². The molecule has 6 heteroatoms. The molecule has 1 fully saturated rings. The zero-order valence-corrected chi connectivity index (χ0v) is 16.5. The molecule has 6 nitrogen and oxygen atoms in total. The van der Waals surface area contributed by atoms with Crippen LogP contribution in [-0.4, -0.2) is 49.0 Å². The molecule has 0 aliphatic carbocycles. The van der Waals surface area contributed by atoms with E-state index in [4.69, 9.17) is 9.73 Å². The lowest BCUT2D eigenvalue weighted by molar-refractivity contribution is 0.127. The molecule has 0 radical (unpaired) electrons. The smallest absolute Gasteiger partial charge is 0.191 e. The van der Waals surface area contributed by atoms with E-state index in [2.05, 4.69) is 40.7 Å². The van der Waals surface area contributed by atoms with Crippen molar-refractivity contribution in [2.24, 2.45) is 10.4 Å². The van der Waals surface area contributed by atoms with Crippen LogP contribution < -0.4 is 10.6 Å². The Morgan fingerprint density at radius 2 is 2.18 bits per heavy atom. The molecule has 1 aliphatic heterocycles. The molecule has 150 valence electrons. The number of guanidine groups is 1. The third-order valence-corrected chi connectivity index (χ3v) is 5.11. The SMILES string of the molecule is CCNC(=NCc1cccc(-c2ccccn2)c1)NCC1(CCO)CCOC1. The minimum Gasteiger partial charge on any atom is -0.396 e. The number of ether oxygens (including phenoxy) is 1. The van der Waals surface area contributed by atoms with E-state index >= 15 is 0 Å². The number of aromatic nitrogens is 1. The second kappa shape index (κ2) is 10.2. The monoisotopic (exact) mass is 382 g/mol. The summed E-state index contributed by atoms with van der Waals surface area (Å²) in [5, 5.41) is 16.1. The van der Waals surface area contributed by atoms with Crippen molar-refractivity contribution in [1.29, 1.82) is 0 Å². The van der Waals surface area contributed by atoms with E-state index in [9.17, 15) is 5.11 Å². The molecule has 1 aliphatic rings. The normalized spacial score (nSPS) is 19.6. The molecule has 1 aromatic carbocycles. The molecule has 1 atom stereocenters. The van der Waals surface area contributed by atoms with Gasteiger partial charge in [0.05, 0.1) is 18.8 Å². The lowest BCUT2D eigenvalue weighted by atomic mass is 9.84. The standard InChI is InChI=1S/C22H30N4O2/c1-2-23-21(26-16-22(9-12-27)10-13-28-17-22)25-15-18-6-5-7-19(14-18)20-8-3-4-11-24-20/h3-8,11,14,27H,2,9-10,12-13,15-17H2,1H3,(H2,23,25,26). The summed E-state index contributed by atoms with van der Waals surface area (Å²) in [6.07, 6.45) is 3.51. The minimum atomic E-state index is -0.0101. The van der Waals surface area contributed by atoms with Crippen LogP contribution in [0.1, 0.15) is 25.3 Å². The molecule has 1 saturated heterocycles. The summed E-state index contributed by atoms with van der Waals surface area (Å²) in [7, 11) is 0. The van der Waals surface area contributed by atoms with Gasteiger partial charge in [0, 0.05) is 43.5 Å². The maximum atomic E-state index is 9.40. The van der Waals surface area contributed by atoms with Gasteiger partial charge in [-0.25, -0.2) is 4.99 Å². The fourth-order valence-electron chi connectivity index (χ4n) is 3.46. The van der Waals surface area contributed by atoms with E-state index in [1.165, 1.54) is 0 Å². The van der Waals surface area contributed by atoms with E-state index in [1.54, 1.807) is 0 Å². The van der Waals surface area contributed by atoms with Crippen molar-refractivity contribution in [2.45, 2.75) is 26.3 Å². The van der Waals surface area contributed by atoms with Crippen molar-refractivity contribution < 1.29 is 9.84 Å². The van der Waals surface area contributed by atoms with Crippen LogP contribution in [-0.2, 0) is 11.3 Å². The first-order valence-electron chi connectivity index (χ1n) is 9.96. The molecule has 0 saturated carbocycles. The number of aliphatic hydroxyl groups is 1. The highest BCUT2D eigenvalue weighted by Crippen LogP contribution is 2.31. The van der Waals surface area contributed by atoms with Crippen molar-refractivity contribution >= 4 is 5.96 Å². The summed E-state index contributed by atoms with van der Waals surface area (Å²) < 4.78 is 5.57. The topological polar surface area (TPSA) is 78.8 Å². The number of pyridine rings is 1. The Labute approximate surface area is 167 Å². The summed E-state index contributed by atoms with van der Waals surface area (Å²) in [4.78, 5) is 9.16. The van der Waals surface area contributed by atoms with E-state index in [0.29, 0.717) is 13.2 Å². The predicted molar refractivity (Wildman–Crippen MR) is 112 cm³/mol. The van der Waals surface area contributed by atoms with Gasteiger partial charge >= 0.3 is 0 Å². The molecule has 1 unspecified atom stereocenters. The van der Waals surface area contributed by atoms with E-state index < -0.39 is 0 Å². The number of nitrogens with zero attached hydrogens (tertiary/aromatic N) is 2. The van der Waals surface area contributed by atoms with Crippen molar-refractivity contribution in [1.82, 2.24) is 15.6 Å². The van der Waals surface area contributed by atoms with Gasteiger partial charge in [-0.15, -0.1) is 0 Å². The zero-order chi connectivity index (χ0) is 19.7. The van der Waals surface area contributed by atoms with E-state index in [0.717, 1.165) is 55.3 Å². The first-order chi connectivity index (χ1) is 13.7. The highest BCUT2D eigenvalue weighted by molar-refractivity contribution is 5.79. The average Bonchev–Trinajstić information content (AvgIpc) is 3.20. The molecule has 2 heterocycles. The first-order valence-corrected chi connectivity index (χ1v) is 9.96. The van der Waals surface area contributed by atoms with Gasteiger partial charge in [0.1, 0.15) is 0 Å². The maximum Gasteiger partial charge on any atom is 0.191 e. The largest absolute Gasteiger partial charge is 0.396 e. The second-order valence-corrected chi connectivity index (χ2v) is 7.24. The Morgan fingerprint density at radius 3 is 2.89 bits per heavy atom. The number of nitrogens with one attached hydrogen (secondary N) is 2. The number of hydrogen-bond acceptors (Lipinski definition) is 4. The number of benzene rings is 1. The Hall–Kier alpha value is -2.44. The van der Waals surface area contributed by atoms with Crippen molar-refractivity contribution in [3.63, 3.8) is 0 Å². The summed E-state index contributed by atoms with van der Waals surface area (Å²) in [5.41, 5.74) is 3.18. The van der Waals surface area contributed by atoms with Gasteiger partial charge in [-0.3, -0.25) is 4.98 Å². The van der Waals surface area contributed by atoms with Gasteiger partial charge in [-0.05, 0) is 43.5 Å². The molecular weight excluding hydrogens is 352 g/mol. The second-order valence-electron chi connectivity index (χ2n) is 7.24. The van der Waals surface area contributed by atoms with Crippen molar-refractivity contribution in [3.05, 3.63) is 54.2 Å². The van der Waals surface area contributed by atoms with Gasteiger partial charge in [0.2, 0.25) is 0 Å². The molecule has 2 aromatic rings. The minimum absolute atomic E-state index is 0.0101. The fourth-order valence-corrected chi connectivity index (χ4v) is 3.46. The van der Waals surface area contributed by atoms with Crippen LogP contribution in [0.4, 0.5) is 0 Å². The molecule has 0 bridgehead atoms. The highest BCUT2D eigenvalue weighted by atomic mass is 16.5. The number of hydrogen-bond donors (Lipinski definition) is 3. The van der Waals surface area contributed by atoms with Crippen LogP contribution in [0.3, 0.4) is 0 Å². The Balaban J connectivity index is 1.66. The van der Waals surface area contributed by atoms with Crippen LogP contribution in [0.25, 0.3) is 11.3 Å². The Morgan fingerprint density at radius 1 is 1.25 bits per heavy atom. The van der Waals surface area contributed by atoms with Crippen molar-refractivity contribution in [2.75, 3.05) is 32.9 Å². The Kier molecular flexibility index (Phi) is 7.39. The molecule has 0 amide bonds. The lowest BCUT2D eigenvalue weighted by Gasteiger charge is -2.27. The number of rotatable bonds is 8. The quantitative estimate of drug-likeness (QED) is 0.483. The summed E-state index contributed by atoms with van der Waals surface area (Å²) in [5.74, 6) is 0.787. The fraction of sp³-hybridized carbons (Fsp3) is 0.455. The summed E-state index contributed by atoms with van der Waals surface area (Å²) in [6.45, 7) is 5.80. The summed E-state index contributed by atoms with van der Waals surface area (Å²) >= 11 is 0. The third kappa shape index (κ3) is 5.53. The third-order valence-electron chi connectivity index (χ3n) is 5.11. The van der Waals surface area contributed by atoms with E-state index in [1.807, 2.05) is 30.5 Å². The molecule has 1 aromatic heterocycles. The van der Waals surface area contributed by atoms with Crippen LogP contribution in [0.15, 0.2) is 53.7 Å². The Bertz CT molecular complexity index is 758. The first kappa shape index (κ1) is 20.3. The van der Waals surface area contributed by atoms with Crippen LogP contribution >= 0.6 is 0 Å². The van der Waals surface area contributed by atoms with Crippen LogP contribution in [0, 0.1) is 5.41 Å². The lowest BCUT2D eigenvalue weighted by Crippen LogP contribution is -2.44.